The summed E-state index contributed by atoms with van der Waals surface area (Å²) in [6.45, 7) is 7.84. The van der Waals surface area contributed by atoms with Crippen molar-refractivity contribution in [3.05, 3.63) is 23.8 Å². The first-order valence-electron chi connectivity index (χ1n) is 6.11. The smallest absolute Gasteiger partial charge is 0.161 e. The molecule has 0 saturated carbocycles. The molecule has 1 aromatic rings. The summed E-state index contributed by atoms with van der Waals surface area (Å²) in [7, 11) is 0. The van der Waals surface area contributed by atoms with Crippen LogP contribution in [-0.4, -0.2) is 13.2 Å². The van der Waals surface area contributed by atoms with Gasteiger partial charge in [0.25, 0.3) is 0 Å². The molecular weight excluding hydrogens is 214 g/mol. The van der Waals surface area contributed by atoms with E-state index in [0.29, 0.717) is 13.2 Å². The van der Waals surface area contributed by atoms with Crippen molar-refractivity contribution in [1.29, 1.82) is 0 Å². The SMILES string of the molecule is CC(C)(C)CC(N)c1ccc2c(c1)OCCO2. The minimum Gasteiger partial charge on any atom is -0.486 e. The van der Waals surface area contributed by atoms with E-state index in [1.54, 1.807) is 0 Å². The van der Waals surface area contributed by atoms with E-state index in [1.165, 1.54) is 0 Å². The highest BCUT2D eigenvalue weighted by Gasteiger charge is 2.19. The second kappa shape index (κ2) is 4.57. The molecule has 3 nitrogen and oxygen atoms in total. The molecule has 0 bridgehead atoms. The van der Waals surface area contributed by atoms with Gasteiger partial charge in [0.1, 0.15) is 13.2 Å². The Hall–Kier alpha value is -1.22. The van der Waals surface area contributed by atoms with Crippen molar-refractivity contribution in [2.24, 2.45) is 11.1 Å². The first-order chi connectivity index (χ1) is 7.96. The maximum atomic E-state index is 6.22. The lowest BCUT2D eigenvalue weighted by Crippen LogP contribution is -2.20. The fourth-order valence-corrected chi connectivity index (χ4v) is 2.07. The molecule has 1 aliphatic rings. The molecule has 3 heteroatoms. The molecule has 0 amide bonds. The van der Waals surface area contributed by atoms with Crippen LogP contribution < -0.4 is 15.2 Å². The molecule has 0 aromatic heterocycles. The van der Waals surface area contributed by atoms with Crippen LogP contribution in [0.4, 0.5) is 0 Å². The molecule has 1 aromatic carbocycles. The van der Waals surface area contributed by atoms with Gasteiger partial charge in [-0.3, -0.25) is 0 Å². The van der Waals surface area contributed by atoms with Gasteiger partial charge in [-0.1, -0.05) is 26.8 Å². The van der Waals surface area contributed by atoms with Crippen molar-refractivity contribution in [2.45, 2.75) is 33.2 Å². The molecule has 1 atom stereocenters. The zero-order valence-corrected chi connectivity index (χ0v) is 10.8. The Morgan fingerprint density at radius 3 is 2.47 bits per heavy atom. The average molecular weight is 235 g/mol. The third kappa shape index (κ3) is 3.13. The molecule has 94 valence electrons. The van der Waals surface area contributed by atoms with Gasteiger partial charge in [0.15, 0.2) is 11.5 Å². The third-order valence-electron chi connectivity index (χ3n) is 2.83. The van der Waals surface area contributed by atoms with Crippen LogP contribution in [-0.2, 0) is 0 Å². The van der Waals surface area contributed by atoms with Crippen LogP contribution in [0.2, 0.25) is 0 Å². The molecule has 2 N–H and O–H groups in total. The van der Waals surface area contributed by atoms with Crippen molar-refractivity contribution in [3.8, 4) is 11.5 Å². The molecule has 0 saturated heterocycles. The van der Waals surface area contributed by atoms with Crippen LogP contribution in [0.3, 0.4) is 0 Å². The average Bonchev–Trinajstić information content (AvgIpc) is 2.26. The van der Waals surface area contributed by atoms with Crippen LogP contribution in [0, 0.1) is 5.41 Å². The topological polar surface area (TPSA) is 44.5 Å². The number of hydrogen-bond acceptors (Lipinski definition) is 3. The number of nitrogens with two attached hydrogens (primary N) is 1. The third-order valence-corrected chi connectivity index (χ3v) is 2.83. The Balaban J connectivity index is 2.16. The molecule has 0 radical (unpaired) electrons. The molecule has 1 heterocycles. The Morgan fingerprint density at radius 1 is 1.18 bits per heavy atom. The Labute approximate surface area is 103 Å². The van der Waals surface area contributed by atoms with E-state index >= 15 is 0 Å². The summed E-state index contributed by atoms with van der Waals surface area (Å²) in [5.41, 5.74) is 7.56. The summed E-state index contributed by atoms with van der Waals surface area (Å²) < 4.78 is 11.1. The summed E-state index contributed by atoms with van der Waals surface area (Å²) in [6, 6.07) is 6.03. The van der Waals surface area contributed by atoms with E-state index < -0.39 is 0 Å². The van der Waals surface area contributed by atoms with Gasteiger partial charge in [-0.2, -0.15) is 0 Å². The monoisotopic (exact) mass is 235 g/mol. The minimum atomic E-state index is 0.0471. The lowest BCUT2D eigenvalue weighted by atomic mass is 9.86. The molecular formula is C14H21NO2. The fraction of sp³-hybridized carbons (Fsp3) is 0.571. The van der Waals surface area contributed by atoms with E-state index in [2.05, 4.69) is 20.8 Å². The van der Waals surface area contributed by atoms with Crippen LogP contribution in [0.1, 0.15) is 38.8 Å². The van der Waals surface area contributed by atoms with Gasteiger partial charge in [0.2, 0.25) is 0 Å². The standard InChI is InChI=1S/C14H21NO2/c1-14(2,3)9-11(15)10-4-5-12-13(8-10)17-7-6-16-12/h4-5,8,11H,6-7,9,15H2,1-3H3. The number of benzene rings is 1. The highest BCUT2D eigenvalue weighted by molar-refractivity contribution is 5.44. The normalized spacial score (nSPS) is 16.7. The molecule has 17 heavy (non-hydrogen) atoms. The Morgan fingerprint density at radius 2 is 1.82 bits per heavy atom. The van der Waals surface area contributed by atoms with Gasteiger partial charge in [0.05, 0.1) is 0 Å². The number of hydrogen-bond donors (Lipinski definition) is 1. The zero-order chi connectivity index (χ0) is 12.5. The van der Waals surface area contributed by atoms with Crippen LogP contribution in [0.15, 0.2) is 18.2 Å². The lowest BCUT2D eigenvalue weighted by Gasteiger charge is -2.25. The van der Waals surface area contributed by atoms with Crippen molar-refractivity contribution in [3.63, 3.8) is 0 Å². The summed E-state index contributed by atoms with van der Waals surface area (Å²) in [5.74, 6) is 1.64. The van der Waals surface area contributed by atoms with E-state index in [4.69, 9.17) is 15.2 Å². The number of ether oxygens (including phenoxy) is 2. The predicted octanol–water partition coefficient (Wildman–Crippen LogP) is 2.89. The predicted molar refractivity (Wildman–Crippen MR) is 68.4 cm³/mol. The Bertz CT molecular complexity index is 396. The largest absolute Gasteiger partial charge is 0.486 e. The summed E-state index contributed by atoms with van der Waals surface area (Å²) in [5, 5.41) is 0. The second-order valence-corrected chi connectivity index (χ2v) is 5.77. The Kier molecular flexibility index (Phi) is 3.29. The zero-order valence-electron chi connectivity index (χ0n) is 10.8. The van der Waals surface area contributed by atoms with E-state index in [-0.39, 0.29) is 11.5 Å². The second-order valence-electron chi connectivity index (χ2n) is 5.77. The summed E-state index contributed by atoms with van der Waals surface area (Å²) >= 11 is 0. The van der Waals surface area contributed by atoms with E-state index in [9.17, 15) is 0 Å². The van der Waals surface area contributed by atoms with Crippen LogP contribution in [0.25, 0.3) is 0 Å². The van der Waals surface area contributed by atoms with Crippen molar-refractivity contribution in [1.82, 2.24) is 0 Å². The molecule has 2 rings (SSSR count). The first-order valence-corrected chi connectivity index (χ1v) is 6.11. The van der Waals surface area contributed by atoms with Gasteiger partial charge in [0, 0.05) is 6.04 Å². The fourth-order valence-electron chi connectivity index (χ4n) is 2.07. The van der Waals surface area contributed by atoms with Crippen LogP contribution >= 0.6 is 0 Å². The van der Waals surface area contributed by atoms with Crippen molar-refractivity contribution >= 4 is 0 Å². The quantitative estimate of drug-likeness (QED) is 0.857. The highest BCUT2D eigenvalue weighted by Crippen LogP contribution is 2.35. The van der Waals surface area contributed by atoms with Gasteiger partial charge >= 0.3 is 0 Å². The van der Waals surface area contributed by atoms with Gasteiger partial charge in [-0.15, -0.1) is 0 Å². The maximum Gasteiger partial charge on any atom is 0.161 e. The summed E-state index contributed by atoms with van der Waals surface area (Å²) in [4.78, 5) is 0. The first kappa shape index (κ1) is 12.2. The summed E-state index contributed by atoms with van der Waals surface area (Å²) in [6.07, 6.45) is 0.951. The lowest BCUT2D eigenvalue weighted by molar-refractivity contribution is 0.171. The van der Waals surface area contributed by atoms with E-state index in [1.807, 2.05) is 18.2 Å². The maximum absolute atomic E-state index is 6.22. The van der Waals surface area contributed by atoms with Crippen molar-refractivity contribution in [2.75, 3.05) is 13.2 Å². The number of rotatable bonds is 2. The van der Waals surface area contributed by atoms with Gasteiger partial charge in [-0.05, 0) is 29.5 Å². The molecule has 1 aliphatic heterocycles. The molecule has 0 aliphatic carbocycles. The molecule has 0 fully saturated rings. The highest BCUT2D eigenvalue weighted by atomic mass is 16.6. The minimum absolute atomic E-state index is 0.0471. The van der Waals surface area contributed by atoms with E-state index in [0.717, 1.165) is 23.5 Å². The van der Waals surface area contributed by atoms with Crippen molar-refractivity contribution < 1.29 is 9.47 Å². The number of fused-ring (bicyclic) bond motifs is 1. The van der Waals surface area contributed by atoms with Gasteiger partial charge < -0.3 is 15.2 Å². The molecule has 1 unspecified atom stereocenters. The molecule has 0 spiro atoms. The van der Waals surface area contributed by atoms with Crippen LogP contribution in [0.5, 0.6) is 11.5 Å². The van der Waals surface area contributed by atoms with Gasteiger partial charge in [-0.25, -0.2) is 0 Å².